The number of nitrogens with one attached hydrogen (secondary N) is 1. The van der Waals surface area contributed by atoms with Crippen LogP contribution in [0, 0.1) is 0 Å². The lowest BCUT2D eigenvalue weighted by atomic mass is 10.0. The van der Waals surface area contributed by atoms with E-state index < -0.39 is 36.9 Å². The maximum Gasteiger partial charge on any atom is 0.269 e. The van der Waals surface area contributed by atoms with Crippen molar-refractivity contribution in [3.8, 4) is 0 Å². The Morgan fingerprint density at radius 2 is 1.89 bits per heavy atom. The minimum Gasteiger partial charge on any atom is -0.388 e. The van der Waals surface area contributed by atoms with E-state index in [1.807, 2.05) is 5.48 Å². The highest BCUT2D eigenvalue weighted by Crippen LogP contribution is 2.04. The molecule has 0 radical (unpaired) electrons. The molecule has 0 aromatic rings. The van der Waals surface area contributed by atoms with Gasteiger partial charge in [0.2, 0.25) is 0 Å². The molecule has 0 spiro atoms. The van der Waals surface area contributed by atoms with E-state index in [1.54, 1.807) is 0 Å². The van der Waals surface area contributed by atoms with E-state index in [4.69, 9.17) is 5.11 Å². The first-order chi connectivity index (χ1) is 8.31. The zero-order valence-electron chi connectivity index (χ0n) is 9.81. The third-order valence-electron chi connectivity index (χ3n) is 2.04. The molecule has 0 rings (SSSR count). The smallest absolute Gasteiger partial charge is 0.269 e. The van der Waals surface area contributed by atoms with E-state index in [1.165, 1.54) is 6.92 Å². The Morgan fingerprint density at radius 3 is 2.33 bits per heavy atom. The van der Waals surface area contributed by atoms with Crippen LogP contribution in [0.15, 0.2) is 12.2 Å². The minimum atomic E-state index is -1.85. The molecule has 4 atom stereocenters. The summed E-state index contributed by atoms with van der Waals surface area (Å²) >= 11 is 0. The molecule has 0 aromatic heterocycles. The molecule has 5 N–H and O–H groups in total. The maximum atomic E-state index is 11.0. The van der Waals surface area contributed by atoms with E-state index in [0.717, 1.165) is 0 Å². The van der Waals surface area contributed by atoms with Gasteiger partial charge in [0.25, 0.3) is 5.91 Å². The first-order valence-corrected chi connectivity index (χ1v) is 5.06. The Kier molecular flexibility index (Phi) is 7.32. The van der Waals surface area contributed by atoms with Crippen LogP contribution in [0.25, 0.3) is 0 Å². The summed E-state index contributed by atoms with van der Waals surface area (Å²) in [7, 11) is 0. The van der Waals surface area contributed by atoms with Crippen molar-refractivity contribution < 1.29 is 34.9 Å². The monoisotopic (exact) mass is 263 g/mol. The number of hydrogen-bond acceptors (Lipinski definition) is 7. The Labute approximate surface area is 103 Å². The fourth-order valence-electron chi connectivity index (χ4n) is 0.888. The summed E-state index contributed by atoms with van der Waals surface area (Å²) in [6.45, 7) is 4.23. The molecule has 8 nitrogen and oxygen atoms in total. The van der Waals surface area contributed by atoms with E-state index in [0.29, 0.717) is 0 Å². The van der Waals surface area contributed by atoms with Gasteiger partial charge in [-0.1, -0.05) is 6.58 Å². The first-order valence-electron chi connectivity index (χ1n) is 5.06. The number of aliphatic hydroxyl groups is 4. The van der Waals surface area contributed by atoms with Crippen LogP contribution in [-0.4, -0.2) is 63.6 Å². The molecule has 0 saturated carbocycles. The molecule has 104 valence electrons. The van der Waals surface area contributed by atoms with Crippen LogP contribution >= 0.6 is 0 Å². The molecule has 0 aliphatic heterocycles. The van der Waals surface area contributed by atoms with Crippen LogP contribution in [0.1, 0.15) is 6.92 Å². The van der Waals surface area contributed by atoms with Gasteiger partial charge in [0.1, 0.15) is 31.0 Å². The third-order valence-corrected chi connectivity index (χ3v) is 2.04. The molecule has 0 unspecified atom stereocenters. The van der Waals surface area contributed by atoms with Crippen molar-refractivity contribution >= 4 is 12.2 Å². The second-order valence-corrected chi connectivity index (χ2v) is 3.70. The van der Waals surface area contributed by atoms with Gasteiger partial charge in [-0.3, -0.25) is 9.63 Å². The van der Waals surface area contributed by atoms with Crippen molar-refractivity contribution in [3.05, 3.63) is 12.2 Å². The van der Waals surface area contributed by atoms with Gasteiger partial charge in [-0.2, -0.15) is 0 Å². The molecule has 0 aliphatic rings. The highest BCUT2D eigenvalue weighted by molar-refractivity contribution is 5.91. The molecule has 1 amide bonds. The van der Waals surface area contributed by atoms with Gasteiger partial charge in [0, 0.05) is 5.57 Å². The van der Waals surface area contributed by atoms with Crippen molar-refractivity contribution in [3.63, 3.8) is 0 Å². The summed E-state index contributed by atoms with van der Waals surface area (Å²) in [4.78, 5) is 25.7. The SMILES string of the molecule is C=C(C)C(=O)NOC[C@@H](O)[C@@H](O)[C@H](O)[C@@H](O)C=O. The lowest BCUT2D eigenvalue weighted by Crippen LogP contribution is -2.47. The fraction of sp³-hybridized carbons (Fsp3) is 0.600. The van der Waals surface area contributed by atoms with E-state index in [9.17, 15) is 24.9 Å². The number of amides is 1. The summed E-state index contributed by atoms with van der Waals surface area (Å²) in [5.41, 5.74) is 2.11. The van der Waals surface area contributed by atoms with Crippen molar-refractivity contribution in [2.45, 2.75) is 31.3 Å². The predicted octanol–water partition coefficient (Wildman–Crippen LogP) is -2.75. The Bertz CT molecular complexity index is 307. The molecular weight excluding hydrogens is 246 g/mol. The summed E-state index contributed by atoms with van der Waals surface area (Å²) in [6, 6.07) is 0. The summed E-state index contributed by atoms with van der Waals surface area (Å²) in [6.07, 6.45) is -7.05. The van der Waals surface area contributed by atoms with Crippen LogP contribution in [0.2, 0.25) is 0 Å². The molecule has 0 aliphatic carbocycles. The van der Waals surface area contributed by atoms with E-state index in [-0.39, 0.29) is 11.9 Å². The topological polar surface area (TPSA) is 136 Å². The van der Waals surface area contributed by atoms with Gasteiger partial charge in [-0.25, -0.2) is 5.48 Å². The van der Waals surface area contributed by atoms with Gasteiger partial charge < -0.3 is 25.2 Å². The zero-order chi connectivity index (χ0) is 14.3. The van der Waals surface area contributed by atoms with Crippen LogP contribution < -0.4 is 5.48 Å². The average molecular weight is 263 g/mol. The van der Waals surface area contributed by atoms with Crippen molar-refractivity contribution in [1.29, 1.82) is 0 Å². The predicted molar refractivity (Wildman–Crippen MR) is 59.0 cm³/mol. The average Bonchev–Trinajstić information content (AvgIpc) is 2.35. The van der Waals surface area contributed by atoms with Crippen molar-refractivity contribution in [2.24, 2.45) is 0 Å². The summed E-state index contributed by atoms with van der Waals surface area (Å²) < 4.78 is 0. The lowest BCUT2D eigenvalue weighted by molar-refractivity contribution is -0.148. The quantitative estimate of drug-likeness (QED) is 0.182. The van der Waals surface area contributed by atoms with Crippen LogP contribution in [-0.2, 0) is 14.4 Å². The largest absolute Gasteiger partial charge is 0.388 e. The van der Waals surface area contributed by atoms with Gasteiger partial charge in [-0.15, -0.1) is 0 Å². The lowest BCUT2D eigenvalue weighted by Gasteiger charge is -2.23. The Morgan fingerprint density at radius 1 is 1.33 bits per heavy atom. The van der Waals surface area contributed by atoms with Gasteiger partial charge in [-0.05, 0) is 6.92 Å². The van der Waals surface area contributed by atoms with Crippen LogP contribution in [0.3, 0.4) is 0 Å². The van der Waals surface area contributed by atoms with E-state index >= 15 is 0 Å². The number of hydroxylamine groups is 1. The number of aldehydes is 1. The second-order valence-electron chi connectivity index (χ2n) is 3.70. The zero-order valence-corrected chi connectivity index (χ0v) is 9.81. The van der Waals surface area contributed by atoms with Crippen LogP contribution in [0.4, 0.5) is 0 Å². The number of carbonyl (C=O) groups excluding carboxylic acids is 2. The highest BCUT2D eigenvalue weighted by atomic mass is 16.7. The normalized spacial score (nSPS) is 17.4. The molecule has 0 aromatic carbocycles. The van der Waals surface area contributed by atoms with Gasteiger partial charge in [0.05, 0.1) is 0 Å². The molecule has 8 heteroatoms. The van der Waals surface area contributed by atoms with Crippen molar-refractivity contribution in [1.82, 2.24) is 5.48 Å². The first kappa shape index (κ1) is 16.7. The Hall–Kier alpha value is -1.32. The van der Waals surface area contributed by atoms with Gasteiger partial charge in [0.15, 0.2) is 6.29 Å². The third kappa shape index (κ3) is 5.34. The number of hydrogen-bond donors (Lipinski definition) is 5. The fourth-order valence-corrected chi connectivity index (χ4v) is 0.888. The number of carbonyl (C=O) groups is 2. The maximum absolute atomic E-state index is 11.0. The highest BCUT2D eigenvalue weighted by Gasteiger charge is 2.30. The van der Waals surface area contributed by atoms with E-state index in [2.05, 4.69) is 11.4 Å². The molecule has 0 bridgehead atoms. The minimum absolute atomic E-state index is 0.0182. The molecule has 18 heavy (non-hydrogen) atoms. The Balaban J connectivity index is 4.09. The molecule has 0 saturated heterocycles. The van der Waals surface area contributed by atoms with Crippen molar-refractivity contribution in [2.75, 3.05) is 6.61 Å². The number of aliphatic hydroxyl groups excluding tert-OH is 4. The second kappa shape index (κ2) is 7.90. The standard InChI is InChI=1S/C10H17NO7/c1-5(2)10(17)11-18-4-7(14)9(16)8(15)6(13)3-12/h3,6-9,13-16H,1,4H2,2H3,(H,11,17)/t6-,7+,8+,9+/m0/s1. The van der Waals surface area contributed by atoms with Gasteiger partial charge >= 0.3 is 0 Å². The number of rotatable bonds is 8. The summed E-state index contributed by atoms with van der Waals surface area (Å²) in [5.74, 6) is -0.606. The molecular formula is C10H17NO7. The van der Waals surface area contributed by atoms with Crippen LogP contribution in [0.5, 0.6) is 0 Å². The molecule has 0 fully saturated rings. The summed E-state index contributed by atoms with van der Waals surface area (Å²) in [5, 5.41) is 36.8. The molecule has 0 heterocycles.